The first-order valence-electron chi connectivity index (χ1n) is 8.65. The Bertz CT molecular complexity index is 1140. The van der Waals surface area contributed by atoms with Crippen molar-refractivity contribution in [2.75, 3.05) is 19.1 Å². The predicted molar refractivity (Wildman–Crippen MR) is 125 cm³/mol. The molecule has 1 aromatic carbocycles. The van der Waals surface area contributed by atoms with Crippen molar-refractivity contribution in [2.24, 2.45) is 5.10 Å². The zero-order valence-electron chi connectivity index (χ0n) is 16.2. The van der Waals surface area contributed by atoms with E-state index in [2.05, 4.69) is 5.10 Å². The third kappa shape index (κ3) is 4.37. The average Bonchev–Trinajstić information content (AvgIpc) is 3.34. The molecule has 0 aliphatic carbocycles. The quantitative estimate of drug-likeness (QED) is 0.367. The molecule has 0 atom stereocenters. The standard InChI is InChI=1S/C20H17Cl2N3O3S2/c1-4-23-25(20(28)16-8-7-15(30-16)19(27)24(2)3)14-10-29-18(17(14)26)11-5-6-12(21)13(22)9-11/h4-10,26H,1-3H3. The molecule has 0 aliphatic heterocycles. The number of rotatable bonds is 5. The van der Waals surface area contributed by atoms with Crippen LogP contribution in [0.25, 0.3) is 10.4 Å². The average molecular weight is 482 g/mol. The van der Waals surface area contributed by atoms with Crippen LogP contribution in [0.2, 0.25) is 10.0 Å². The first-order valence-corrected chi connectivity index (χ1v) is 11.1. The molecule has 0 fully saturated rings. The van der Waals surface area contributed by atoms with Gasteiger partial charge in [-0.25, -0.2) is 0 Å². The Labute approximate surface area is 191 Å². The van der Waals surface area contributed by atoms with E-state index in [4.69, 9.17) is 23.2 Å². The minimum atomic E-state index is -0.454. The monoisotopic (exact) mass is 481 g/mol. The van der Waals surface area contributed by atoms with E-state index in [1.54, 1.807) is 56.7 Å². The van der Waals surface area contributed by atoms with Gasteiger partial charge in [-0.3, -0.25) is 9.59 Å². The van der Waals surface area contributed by atoms with Crippen LogP contribution in [0.1, 0.15) is 26.3 Å². The molecule has 3 aromatic rings. The first kappa shape index (κ1) is 22.3. The number of amides is 2. The smallest absolute Gasteiger partial charge is 0.288 e. The maximum atomic E-state index is 13.1. The van der Waals surface area contributed by atoms with Crippen LogP contribution in [0, 0.1) is 0 Å². The summed E-state index contributed by atoms with van der Waals surface area (Å²) in [6.07, 6.45) is 1.45. The fourth-order valence-electron chi connectivity index (χ4n) is 2.57. The van der Waals surface area contributed by atoms with Gasteiger partial charge in [0.25, 0.3) is 11.8 Å². The molecule has 0 saturated carbocycles. The third-order valence-electron chi connectivity index (χ3n) is 4.01. The molecule has 0 spiro atoms. The van der Waals surface area contributed by atoms with Crippen molar-refractivity contribution in [3.63, 3.8) is 0 Å². The molecule has 156 valence electrons. The summed E-state index contributed by atoms with van der Waals surface area (Å²) in [5, 5.41) is 18.5. The highest BCUT2D eigenvalue weighted by Crippen LogP contribution is 2.45. The van der Waals surface area contributed by atoms with Crippen molar-refractivity contribution in [2.45, 2.75) is 6.92 Å². The minimum Gasteiger partial charge on any atom is -0.504 e. The number of halogens is 2. The van der Waals surface area contributed by atoms with Crippen molar-refractivity contribution in [3.05, 3.63) is 55.5 Å². The van der Waals surface area contributed by atoms with Gasteiger partial charge in [0.05, 0.1) is 24.7 Å². The Kier molecular flexibility index (Phi) is 6.82. The van der Waals surface area contributed by atoms with Gasteiger partial charge in [0.15, 0.2) is 5.75 Å². The summed E-state index contributed by atoms with van der Waals surface area (Å²) < 4.78 is 0. The Balaban J connectivity index is 1.97. The number of thiophene rings is 2. The van der Waals surface area contributed by atoms with E-state index in [-0.39, 0.29) is 17.3 Å². The summed E-state index contributed by atoms with van der Waals surface area (Å²) >= 11 is 14.4. The number of benzene rings is 1. The second kappa shape index (κ2) is 9.18. The summed E-state index contributed by atoms with van der Waals surface area (Å²) in [4.78, 5) is 28.0. The first-order chi connectivity index (χ1) is 14.2. The van der Waals surface area contributed by atoms with Crippen LogP contribution < -0.4 is 5.01 Å². The van der Waals surface area contributed by atoms with Crippen LogP contribution >= 0.6 is 45.9 Å². The summed E-state index contributed by atoms with van der Waals surface area (Å²) in [6.45, 7) is 1.67. The Morgan fingerprint density at radius 1 is 1.07 bits per heavy atom. The van der Waals surface area contributed by atoms with Gasteiger partial charge in [0.2, 0.25) is 0 Å². The lowest BCUT2D eigenvalue weighted by Crippen LogP contribution is -2.24. The third-order valence-corrected chi connectivity index (χ3v) is 6.82. The Morgan fingerprint density at radius 2 is 1.73 bits per heavy atom. The van der Waals surface area contributed by atoms with Crippen LogP contribution in [0.15, 0.2) is 40.8 Å². The highest BCUT2D eigenvalue weighted by molar-refractivity contribution is 7.16. The van der Waals surface area contributed by atoms with E-state index >= 15 is 0 Å². The Hall–Kier alpha value is -2.39. The van der Waals surface area contributed by atoms with E-state index in [9.17, 15) is 14.7 Å². The number of hydrogen-bond donors (Lipinski definition) is 1. The van der Waals surface area contributed by atoms with Gasteiger partial charge >= 0.3 is 0 Å². The van der Waals surface area contributed by atoms with Crippen LogP contribution in [-0.2, 0) is 0 Å². The van der Waals surface area contributed by atoms with E-state index in [0.29, 0.717) is 30.2 Å². The summed E-state index contributed by atoms with van der Waals surface area (Å²) in [6, 6.07) is 8.19. The number of aromatic hydroxyl groups is 1. The molecule has 1 N–H and O–H groups in total. The van der Waals surface area contributed by atoms with Gasteiger partial charge in [-0.05, 0) is 36.8 Å². The molecular weight excluding hydrogens is 465 g/mol. The molecule has 0 saturated heterocycles. The van der Waals surface area contributed by atoms with Gasteiger partial charge < -0.3 is 10.0 Å². The summed E-state index contributed by atoms with van der Waals surface area (Å²) in [7, 11) is 3.29. The van der Waals surface area contributed by atoms with Gasteiger partial charge in [0, 0.05) is 25.7 Å². The van der Waals surface area contributed by atoms with Gasteiger partial charge in [-0.1, -0.05) is 29.3 Å². The highest BCUT2D eigenvalue weighted by atomic mass is 35.5. The van der Waals surface area contributed by atoms with Crippen LogP contribution in [0.4, 0.5) is 5.69 Å². The van der Waals surface area contributed by atoms with E-state index in [0.717, 1.165) is 16.3 Å². The minimum absolute atomic E-state index is 0.0986. The molecule has 0 radical (unpaired) electrons. The van der Waals surface area contributed by atoms with Crippen molar-refractivity contribution in [3.8, 4) is 16.2 Å². The van der Waals surface area contributed by atoms with Crippen LogP contribution in [0.5, 0.6) is 5.75 Å². The van der Waals surface area contributed by atoms with Gasteiger partial charge in [-0.2, -0.15) is 10.1 Å². The molecule has 2 aromatic heterocycles. The largest absolute Gasteiger partial charge is 0.504 e. The summed E-state index contributed by atoms with van der Waals surface area (Å²) in [5.74, 6) is -0.743. The zero-order valence-corrected chi connectivity index (χ0v) is 19.4. The van der Waals surface area contributed by atoms with Crippen LogP contribution in [0.3, 0.4) is 0 Å². The number of carbonyl (C=O) groups excluding carboxylic acids is 2. The number of nitrogens with zero attached hydrogens (tertiary/aromatic N) is 3. The number of hydrazone groups is 1. The van der Waals surface area contributed by atoms with Gasteiger partial charge in [0.1, 0.15) is 5.69 Å². The molecule has 3 rings (SSSR count). The topological polar surface area (TPSA) is 73.2 Å². The lowest BCUT2D eigenvalue weighted by molar-refractivity contribution is 0.0832. The molecule has 0 aliphatic rings. The maximum Gasteiger partial charge on any atom is 0.288 e. The van der Waals surface area contributed by atoms with Crippen molar-refractivity contribution >= 4 is 69.6 Å². The number of hydrogen-bond acceptors (Lipinski definition) is 6. The molecule has 10 heteroatoms. The second-order valence-corrected chi connectivity index (χ2v) is 9.06. The SMILES string of the molecule is CC=NN(C(=O)c1ccc(C(=O)N(C)C)s1)c1csc(-c2ccc(Cl)c(Cl)c2)c1O. The fourth-order valence-corrected chi connectivity index (χ4v) is 4.74. The fraction of sp³-hybridized carbons (Fsp3) is 0.150. The van der Waals surface area contributed by atoms with E-state index in [1.807, 2.05) is 0 Å². The second-order valence-electron chi connectivity index (χ2n) is 6.28. The molecule has 6 nitrogen and oxygen atoms in total. The molecule has 30 heavy (non-hydrogen) atoms. The number of carbonyl (C=O) groups is 2. The Morgan fingerprint density at radius 3 is 2.33 bits per heavy atom. The lowest BCUT2D eigenvalue weighted by atomic mass is 10.1. The van der Waals surface area contributed by atoms with E-state index in [1.165, 1.54) is 22.5 Å². The molecule has 2 amide bonds. The van der Waals surface area contributed by atoms with Crippen LogP contribution in [-0.4, -0.2) is 42.1 Å². The van der Waals surface area contributed by atoms with Gasteiger partial charge in [-0.15, -0.1) is 22.7 Å². The maximum absolute atomic E-state index is 13.1. The van der Waals surface area contributed by atoms with Crippen molar-refractivity contribution in [1.82, 2.24) is 4.90 Å². The molecule has 2 heterocycles. The summed E-state index contributed by atoms with van der Waals surface area (Å²) in [5.41, 5.74) is 0.902. The lowest BCUT2D eigenvalue weighted by Gasteiger charge is -2.15. The van der Waals surface area contributed by atoms with E-state index < -0.39 is 5.91 Å². The zero-order chi connectivity index (χ0) is 22.0. The normalized spacial score (nSPS) is 11.1. The molecular formula is C20H17Cl2N3O3S2. The molecule has 0 bridgehead atoms. The highest BCUT2D eigenvalue weighted by Gasteiger charge is 2.26. The number of anilines is 1. The predicted octanol–water partition coefficient (Wildman–Crippen LogP) is 5.84. The van der Waals surface area contributed by atoms with Crippen molar-refractivity contribution in [1.29, 1.82) is 0 Å². The molecule has 0 unspecified atom stereocenters. The van der Waals surface area contributed by atoms with Crippen molar-refractivity contribution < 1.29 is 14.7 Å².